The van der Waals surface area contributed by atoms with Gasteiger partial charge in [0.25, 0.3) is 0 Å². The van der Waals surface area contributed by atoms with Gasteiger partial charge >= 0.3 is 0 Å². The van der Waals surface area contributed by atoms with Gasteiger partial charge in [0, 0.05) is 12.2 Å². The minimum atomic E-state index is -0.0246. The lowest BCUT2D eigenvalue weighted by molar-refractivity contribution is -0.122. The standard InChI is InChI=1S/C14H27N5O/c1-4-18(5-2)8-6-7-12(3)17-14(20)11-19-10-13(15)9-16-19/h9-10,12H,4-8,11,15H2,1-3H3,(H,17,20). The maximum absolute atomic E-state index is 11.8. The molecule has 0 radical (unpaired) electrons. The van der Waals surface area contributed by atoms with Gasteiger partial charge in [-0.25, -0.2) is 0 Å². The van der Waals surface area contributed by atoms with Crippen molar-refractivity contribution in [3.05, 3.63) is 12.4 Å². The fourth-order valence-electron chi connectivity index (χ4n) is 2.17. The molecule has 0 spiro atoms. The van der Waals surface area contributed by atoms with Crippen LogP contribution in [0.25, 0.3) is 0 Å². The number of nitrogen functional groups attached to an aromatic ring is 1. The fourth-order valence-corrected chi connectivity index (χ4v) is 2.17. The second-order valence-corrected chi connectivity index (χ2v) is 5.11. The van der Waals surface area contributed by atoms with Crippen molar-refractivity contribution in [3.8, 4) is 0 Å². The van der Waals surface area contributed by atoms with E-state index < -0.39 is 0 Å². The molecule has 114 valence electrons. The number of anilines is 1. The summed E-state index contributed by atoms with van der Waals surface area (Å²) in [6.07, 6.45) is 5.28. The van der Waals surface area contributed by atoms with Gasteiger partial charge in [0.05, 0.1) is 11.9 Å². The van der Waals surface area contributed by atoms with Crippen LogP contribution in [0.5, 0.6) is 0 Å². The summed E-state index contributed by atoms with van der Waals surface area (Å²) in [5, 5.41) is 6.98. The number of carbonyl (C=O) groups excluding carboxylic acids is 1. The van der Waals surface area contributed by atoms with Crippen LogP contribution in [-0.4, -0.2) is 46.3 Å². The maximum Gasteiger partial charge on any atom is 0.241 e. The summed E-state index contributed by atoms with van der Waals surface area (Å²) in [5.41, 5.74) is 6.13. The van der Waals surface area contributed by atoms with E-state index in [2.05, 4.69) is 29.2 Å². The fraction of sp³-hybridized carbons (Fsp3) is 0.714. The van der Waals surface area contributed by atoms with Gasteiger partial charge in [-0.15, -0.1) is 0 Å². The van der Waals surface area contributed by atoms with Crippen LogP contribution in [0, 0.1) is 0 Å². The van der Waals surface area contributed by atoms with Crippen LogP contribution in [0.15, 0.2) is 12.4 Å². The third kappa shape index (κ3) is 6.06. The first-order valence-corrected chi connectivity index (χ1v) is 7.34. The Kier molecular flexibility index (Phi) is 7.08. The molecule has 1 amide bonds. The lowest BCUT2D eigenvalue weighted by Gasteiger charge is -2.19. The average Bonchev–Trinajstić information content (AvgIpc) is 2.79. The molecular formula is C14H27N5O. The van der Waals surface area contributed by atoms with E-state index in [9.17, 15) is 4.79 Å². The molecule has 1 heterocycles. The van der Waals surface area contributed by atoms with E-state index in [0.29, 0.717) is 5.69 Å². The lowest BCUT2D eigenvalue weighted by atomic mass is 10.1. The monoisotopic (exact) mass is 281 g/mol. The number of rotatable bonds is 9. The molecule has 0 aliphatic heterocycles. The van der Waals surface area contributed by atoms with Crippen LogP contribution in [0.4, 0.5) is 5.69 Å². The molecule has 1 aromatic rings. The third-order valence-corrected chi connectivity index (χ3v) is 3.37. The molecule has 0 aromatic carbocycles. The van der Waals surface area contributed by atoms with Crippen LogP contribution in [0.3, 0.4) is 0 Å². The Morgan fingerprint density at radius 3 is 2.75 bits per heavy atom. The van der Waals surface area contributed by atoms with Crippen molar-refractivity contribution in [2.75, 3.05) is 25.4 Å². The Balaban J connectivity index is 2.21. The van der Waals surface area contributed by atoms with Gasteiger partial charge in [0.2, 0.25) is 5.91 Å². The van der Waals surface area contributed by atoms with Crippen LogP contribution in [0.2, 0.25) is 0 Å². The Labute approximate surface area is 121 Å². The number of nitrogens with two attached hydrogens (primary N) is 1. The first-order valence-electron chi connectivity index (χ1n) is 7.34. The summed E-state index contributed by atoms with van der Waals surface area (Å²) in [6, 6.07) is 0.186. The van der Waals surface area contributed by atoms with Gasteiger partial charge in [0.15, 0.2) is 0 Å². The molecule has 6 heteroatoms. The van der Waals surface area contributed by atoms with Gasteiger partial charge in [-0.3, -0.25) is 9.48 Å². The summed E-state index contributed by atoms with van der Waals surface area (Å²) in [4.78, 5) is 14.2. The van der Waals surface area contributed by atoms with Gasteiger partial charge in [0.1, 0.15) is 6.54 Å². The SMILES string of the molecule is CCN(CC)CCCC(C)NC(=O)Cn1cc(N)cn1. The van der Waals surface area contributed by atoms with E-state index in [1.165, 1.54) is 0 Å². The van der Waals surface area contributed by atoms with Gasteiger partial charge in [-0.05, 0) is 39.4 Å². The smallest absolute Gasteiger partial charge is 0.241 e. The van der Waals surface area contributed by atoms with Crippen molar-refractivity contribution < 1.29 is 4.79 Å². The molecule has 1 atom stereocenters. The normalized spacial score (nSPS) is 12.6. The van der Waals surface area contributed by atoms with Crippen molar-refractivity contribution in [2.45, 2.75) is 46.2 Å². The second kappa shape index (κ2) is 8.58. The van der Waals surface area contributed by atoms with Crippen LogP contribution < -0.4 is 11.1 Å². The first-order chi connectivity index (χ1) is 9.55. The number of nitrogens with one attached hydrogen (secondary N) is 1. The Hall–Kier alpha value is -1.56. The number of hydrogen-bond donors (Lipinski definition) is 2. The molecule has 0 saturated carbocycles. The van der Waals surface area contributed by atoms with Crippen LogP contribution in [0.1, 0.15) is 33.6 Å². The quantitative estimate of drug-likeness (QED) is 0.710. The van der Waals surface area contributed by atoms with Crippen molar-refractivity contribution >= 4 is 11.6 Å². The van der Waals surface area contributed by atoms with Crippen molar-refractivity contribution in [1.29, 1.82) is 0 Å². The van der Waals surface area contributed by atoms with E-state index in [1.54, 1.807) is 17.1 Å². The van der Waals surface area contributed by atoms with E-state index in [1.807, 2.05) is 6.92 Å². The number of amides is 1. The minimum Gasteiger partial charge on any atom is -0.396 e. The zero-order valence-corrected chi connectivity index (χ0v) is 12.8. The number of aromatic nitrogens is 2. The number of carbonyl (C=O) groups is 1. The highest BCUT2D eigenvalue weighted by atomic mass is 16.2. The number of nitrogens with zero attached hydrogens (tertiary/aromatic N) is 3. The molecule has 1 aromatic heterocycles. The molecule has 0 aliphatic rings. The summed E-state index contributed by atoms with van der Waals surface area (Å²) in [5.74, 6) is -0.0246. The van der Waals surface area contributed by atoms with E-state index >= 15 is 0 Å². The van der Waals surface area contributed by atoms with Crippen LogP contribution >= 0.6 is 0 Å². The van der Waals surface area contributed by atoms with E-state index in [4.69, 9.17) is 5.73 Å². The highest BCUT2D eigenvalue weighted by molar-refractivity contribution is 5.75. The molecule has 1 rings (SSSR count). The predicted molar refractivity (Wildman–Crippen MR) is 81.3 cm³/mol. The van der Waals surface area contributed by atoms with E-state index in [0.717, 1.165) is 32.5 Å². The molecule has 1 unspecified atom stereocenters. The maximum atomic E-state index is 11.8. The Morgan fingerprint density at radius 2 is 2.20 bits per heavy atom. The highest BCUT2D eigenvalue weighted by Gasteiger charge is 2.09. The minimum absolute atomic E-state index is 0.0246. The third-order valence-electron chi connectivity index (χ3n) is 3.37. The van der Waals surface area contributed by atoms with Crippen molar-refractivity contribution in [2.24, 2.45) is 0 Å². The Morgan fingerprint density at radius 1 is 1.50 bits per heavy atom. The lowest BCUT2D eigenvalue weighted by Crippen LogP contribution is -2.36. The average molecular weight is 281 g/mol. The molecule has 0 aliphatic carbocycles. The zero-order chi connectivity index (χ0) is 15.0. The molecule has 0 saturated heterocycles. The highest BCUT2D eigenvalue weighted by Crippen LogP contribution is 2.01. The molecule has 0 bridgehead atoms. The Bertz CT molecular complexity index is 400. The van der Waals surface area contributed by atoms with Crippen molar-refractivity contribution in [3.63, 3.8) is 0 Å². The molecule has 6 nitrogen and oxygen atoms in total. The van der Waals surface area contributed by atoms with Crippen LogP contribution in [-0.2, 0) is 11.3 Å². The molecule has 3 N–H and O–H groups in total. The van der Waals surface area contributed by atoms with E-state index in [-0.39, 0.29) is 18.5 Å². The topological polar surface area (TPSA) is 76.2 Å². The summed E-state index contributed by atoms with van der Waals surface area (Å²) >= 11 is 0. The summed E-state index contributed by atoms with van der Waals surface area (Å²) in [7, 11) is 0. The van der Waals surface area contributed by atoms with Crippen molar-refractivity contribution in [1.82, 2.24) is 20.0 Å². The second-order valence-electron chi connectivity index (χ2n) is 5.11. The zero-order valence-electron chi connectivity index (χ0n) is 12.8. The van der Waals surface area contributed by atoms with Gasteiger partial charge < -0.3 is 16.0 Å². The number of hydrogen-bond acceptors (Lipinski definition) is 4. The molecular weight excluding hydrogens is 254 g/mol. The van der Waals surface area contributed by atoms with Gasteiger partial charge in [-0.2, -0.15) is 5.10 Å². The first kappa shape index (κ1) is 16.5. The summed E-state index contributed by atoms with van der Waals surface area (Å²) in [6.45, 7) is 9.85. The predicted octanol–water partition coefficient (Wildman–Crippen LogP) is 1.09. The van der Waals surface area contributed by atoms with Gasteiger partial charge in [-0.1, -0.05) is 13.8 Å². The summed E-state index contributed by atoms with van der Waals surface area (Å²) < 4.78 is 1.55. The molecule has 0 fully saturated rings. The largest absolute Gasteiger partial charge is 0.396 e. The molecule has 20 heavy (non-hydrogen) atoms.